The lowest BCUT2D eigenvalue weighted by atomic mass is 10.1. The second-order valence-electron chi connectivity index (χ2n) is 6.00. The third-order valence-corrected chi connectivity index (χ3v) is 3.79. The average Bonchev–Trinajstić information content (AvgIpc) is 2.63. The van der Waals surface area contributed by atoms with Gasteiger partial charge in [0.1, 0.15) is 23.0 Å². The van der Waals surface area contributed by atoms with Crippen molar-refractivity contribution < 1.29 is 13.6 Å². The average molecular weight is 383 g/mol. The van der Waals surface area contributed by atoms with Crippen molar-refractivity contribution in [3.05, 3.63) is 71.4 Å². The molecule has 0 unspecified atom stereocenters. The Kier molecular flexibility index (Phi) is 5.78. The van der Waals surface area contributed by atoms with Gasteiger partial charge in [0.05, 0.1) is 0 Å². The highest BCUT2D eigenvalue weighted by molar-refractivity contribution is 6.04. The van der Waals surface area contributed by atoms with Crippen molar-refractivity contribution in [1.82, 2.24) is 9.97 Å². The predicted octanol–water partition coefficient (Wildman–Crippen LogP) is 4.49. The summed E-state index contributed by atoms with van der Waals surface area (Å²) in [5.74, 6) is -1.52. The van der Waals surface area contributed by atoms with Gasteiger partial charge in [0.15, 0.2) is 0 Å². The van der Waals surface area contributed by atoms with Crippen LogP contribution < -0.4 is 16.0 Å². The van der Waals surface area contributed by atoms with E-state index < -0.39 is 23.1 Å². The number of rotatable bonds is 6. The molecule has 1 heterocycles. The topological polar surface area (TPSA) is 78.9 Å². The van der Waals surface area contributed by atoms with Crippen LogP contribution >= 0.6 is 0 Å². The molecule has 0 aliphatic rings. The molecule has 8 heteroatoms. The second kappa shape index (κ2) is 8.43. The zero-order chi connectivity index (χ0) is 20.1. The Morgan fingerprint density at radius 1 is 1.00 bits per heavy atom. The fraction of sp³-hybridized carbons (Fsp3) is 0.150. The Hall–Kier alpha value is -3.55. The van der Waals surface area contributed by atoms with Crippen molar-refractivity contribution in [2.75, 3.05) is 22.5 Å². The quantitative estimate of drug-likeness (QED) is 0.584. The maximum absolute atomic E-state index is 13.7. The van der Waals surface area contributed by atoms with E-state index in [0.717, 1.165) is 23.5 Å². The van der Waals surface area contributed by atoms with Crippen molar-refractivity contribution in [3.63, 3.8) is 0 Å². The van der Waals surface area contributed by atoms with Crippen LogP contribution in [0.25, 0.3) is 0 Å². The molecule has 0 atom stereocenters. The molecule has 0 radical (unpaired) electrons. The van der Waals surface area contributed by atoms with Crippen LogP contribution in [0, 0.1) is 18.6 Å². The number of carbonyl (C=O) groups is 1. The van der Waals surface area contributed by atoms with Crippen LogP contribution in [-0.2, 0) is 0 Å². The fourth-order valence-electron chi connectivity index (χ4n) is 2.56. The highest BCUT2D eigenvalue weighted by Gasteiger charge is 2.17. The lowest BCUT2D eigenvalue weighted by molar-refractivity contribution is 0.101. The molecule has 0 spiro atoms. The van der Waals surface area contributed by atoms with Crippen LogP contribution in [0.2, 0.25) is 0 Å². The van der Waals surface area contributed by atoms with E-state index in [0.29, 0.717) is 24.0 Å². The number of nitrogens with zero attached hydrogens (tertiary/aromatic N) is 2. The molecule has 1 aromatic heterocycles. The van der Waals surface area contributed by atoms with Crippen molar-refractivity contribution >= 4 is 29.0 Å². The number of amides is 1. The highest BCUT2D eigenvalue weighted by atomic mass is 19.1. The van der Waals surface area contributed by atoms with Gasteiger partial charge in [-0.1, -0.05) is 6.07 Å². The number of nitrogens with one attached hydrogen (secondary N) is 3. The summed E-state index contributed by atoms with van der Waals surface area (Å²) in [5, 5.41) is 8.69. The number of aryl methyl sites for hydroxylation is 1. The molecular weight excluding hydrogens is 364 g/mol. The van der Waals surface area contributed by atoms with E-state index in [9.17, 15) is 13.6 Å². The van der Waals surface area contributed by atoms with Crippen LogP contribution in [-0.4, -0.2) is 22.4 Å². The number of hydrogen-bond donors (Lipinski definition) is 3. The molecule has 0 aliphatic heterocycles. The first kappa shape index (κ1) is 19.2. The third-order valence-electron chi connectivity index (χ3n) is 3.79. The van der Waals surface area contributed by atoms with Gasteiger partial charge in [0, 0.05) is 29.7 Å². The van der Waals surface area contributed by atoms with E-state index in [1.165, 1.54) is 6.07 Å². The van der Waals surface area contributed by atoms with Gasteiger partial charge >= 0.3 is 0 Å². The maximum Gasteiger partial charge on any atom is 0.261 e. The Morgan fingerprint density at radius 2 is 1.64 bits per heavy atom. The minimum absolute atomic E-state index is 0.408. The molecule has 0 saturated heterocycles. The first-order valence-corrected chi connectivity index (χ1v) is 8.68. The molecule has 0 saturated carbocycles. The number of anilines is 4. The summed E-state index contributed by atoms with van der Waals surface area (Å²) in [6.07, 6.45) is 0. The van der Waals surface area contributed by atoms with Gasteiger partial charge in [0.25, 0.3) is 5.91 Å². The second-order valence-corrected chi connectivity index (χ2v) is 6.00. The lowest BCUT2D eigenvalue weighted by Gasteiger charge is -2.10. The van der Waals surface area contributed by atoms with E-state index >= 15 is 0 Å². The first-order valence-electron chi connectivity index (χ1n) is 8.68. The van der Waals surface area contributed by atoms with Crippen molar-refractivity contribution in [2.45, 2.75) is 13.8 Å². The van der Waals surface area contributed by atoms with E-state index in [1.54, 1.807) is 30.3 Å². The minimum atomic E-state index is -0.911. The summed E-state index contributed by atoms with van der Waals surface area (Å²) < 4.78 is 27.4. The summed E-state index contributed by atoms with van der Waals surface area (Å²) in [6, 6.07) is 11.8. The monoisotopic (exact) mass is 383 g/mol. The Balaban J connectivity index is 1.71. The predicted molar refractivity (Wildman–Crippen MR) is 105 cm³/mol. The molecule has 0 bridgehead atoms. The van der Waals surface area contributed by atoms with Gasteiger partial charge in [-0.25, -0.2) is 13.8 Å². The molecule has 144 valence electrons. The number of carbonyl (C=O) groups excluding carboxylic acids is 1. The zero-order valence-electron chi connectivity index (χ0n) is 15.4. The van der Waals surface area contributed by atoms with Crippen molar-refractivity contribution in [3.8, 4) is 0 Å². The van der Waals surface area contributed by atoms with Gasteiger partial charge in [-0.2, -0.15) is 4.98 Å². The van der Waals surface area contributed by atoms with Crippen LogP contribution in [0.1, 0.15) is 23.0 Å². The Bertz CT molecular complexity index is 972. The van der Waals surface area contributed by atoms with Crippen LogP contribution in [0.15, 0.2) is 48.5 Å². The lowest BCUT2D eigenvalue weighted by Crippen LogP contribution is -2.15. The number of halogens is 2. The summed E-state index contributed by atoms with van der Waals surface area (Å²) in [4.78, 5) is 20.8. The van der Waals surface area contributed by atoms with Crippen LogP contribution in [0.5, 0.6) is 0 Å². The van der Waals surface area contributed by atoms with Gasteiger partial charge in [-0.15, -0.1) is 0 Å². The summed E-state index contributed by atoms with van der Waals surface area (Å²) in [7, 11) is 0. The molecule has 6 nitrogen and oxygen atoms in total. The molecule has 1 amide bonds. The molecular formula is C20H19F2N5O. The van der Waals surface area contributed by atoms with Crippen molar-refractivity contribution in [2.24, 2.45) is 0 Å². The number of aromatic nitrogens is 2. The first-order chi connectivity index (χ1) is 13.5. The minimum Gasteiger partial charge on any atom is -0.354 e. The molecule has 2 aromatic carbocycles. The SMILES string of the molecule is CCNc1nc(C)cc(Nc2ccc(NC(=O)c3c(F)cccc3F)cc2)n1. The highest BCUT2D eigenvalue weighted by Crippen LogP contribution is 2.20. The van der Waals surface area contributed by atoms with E-state index in [4.69, 9.17) is 0 Å². The number of hydrogen-bond acceptors (Lipinski definition) is 5. The fourth-order valence-corrected chi connectivity index (χ4v) is 2.56. The standard InChI is InChI=1S/C20H19F2N5O/c1-3-23-20-24-12(2)11-17(27-20)25-13-7-9-14(10-8-13)26-19(28)18-15(21)5-4-6-16(18)22/h4-11H,3H2,1-2H3,(H,26,28)(H2,23,24,25,27). The largest absolute Gasteiger partial charge is 0.354 e. The molecule has 3 N–H and O–H groups in total. The molecule has 0 fully saturated rings. The van der Waals surface area contributed by atoms with Crippen LogP contribution in [0.3, 0.4) is 0 Å². The molecule has 28 heavy (non-hydrogen) atoms. The van der Waals surface area contributed by atoms with E-state index in [-0.39, 0.29) is 0 Å². The van der Waals surface area contributed by atoms with E-state index in [1.807, 2.05) is 13.8 Å². The zero-order valence-corrected chi connectivity index (χ0v) is 15.4. The van der Waals surface area contributed by atoms with Gasteiger partial charge in [0.2, 0.25) is 5.95 Å². The summed E-state index contributed by atoms with van der Waals surface area (Å²) in [5.41, 5.74) is 1.34. The Morgan fingerprint density at radius 3 is 2.29 bits per heavy atom. The summed E-state index contributed by atoms with van der Waals surface area (Å²) >= 11 is 0. The third kappa shape index (κ3) is 4.59. The van der Waals surface area contributed by atoms with Crippen LogP contribution in [0.4, 0.5) is 31.9 Å². The van der Waals surface area contributed by atoms with Crippen molar-refractivity contribution in [1.29, 1.82) is 0 Å². The maximum atomic E-state index is 13.7. The molecule has 3 rings (SSSR count). The van der Waals surface area contributed by atoms with Gasteiger partial charge < -0.3 is 16.0 Å². The van der Waals surface area contributed by atoms with Gasteiger partial charge in [-0.05, 0) is 50.2 Å². The normalized spacial score (nSPS) is 10.4. The number of benzene rings is 2. The van der Waals surface area contributed by atoms with E-state index in [2.05, 4.69) is 25.9 Å². The smallest absolute Gasteiger partial charge is 0.261 e. The molecule has 3 aromatic rings. The molecule has 0 aliphatic carbocycles. The summed E-state index contributed by atoms with van der Waals surface area (Å²) in [6.45, 7) is 4.53. The van der Waals surface area contributed by atoms with Gasteiger partial charge in [-0.3, -0.25) is 4.79 Å². The Labute approximate surface area is 161 Å².